The molecule has 0 saturated carbocycles. The van der Waals surface area contributed by atoms with E-state index in [4.69, 9.17) is 14.7 Å². The van der Waals surface area contributed by atoms with Crippen molar-refractivity contribution in [1.82, 2.24) is 10.5 Å². The number of hydrogen-bond acceptors (Lipinski definition) is 5. The molecule has 2 heterocycles. The smallest absolute Gasteiger partial charge is 0.259 e. The zero-order valence-electron chi connectivity index (χ0n) is 13.2. The number of aromatic nitrogens is 1. The summed E-state index contributed by atoms with van der Waals surface area (Å²) in [5.74, 6) is -0.367. The van der Waals surface area contributed by atoms with E-state index in [0.29, 0.717) is 23.4 Å². The Morgan fingerprint density at radius 1 is 1.08 bits per heavy atom. The molecule has 0 aliphatic carbocycles. The number of nitrogens with zero attached hydrogens (tertiary/aromatic N) is 1. The van der Waals surface area contributed by atoms with E-state index in [-0.39, 0.29) is 17.4 Å². The van der Waals surface area contributed by atoms with Crippen LogP contribution in [0.25, 0.3) is 22.2 Å². The Morgan fingerprint density at radius 2 is 1.84 bits per heavy atom. The van der Waals surface area contributed by atoms with Gasteiger partial charge in [-0.05, 0) is 11.6 Å². The molecule has 2 aromatic carbocycles. The first kappa shape index (κ1) is 15.0. The third-order valence-electron chi connectivity index (χ3n) is 3.98. The lowest BCUT2D eigenvalue weighted by Crippen LogP contribution is -2.23. The summed E-state index contributed by atoms with van der Waals surface area (Å²) in [5, 5.41) is 7.65. The molecule has 4 rings (SSSR count). The SMILES string of the molecule is Nc1onc(-c2coc3ccccc23)c1C(=O)NCc1ccccc1. The summed E-state index contributed by atoms with van der Waals surface area (Å²) in [6.45, 7) is 0.385. The first-order valence-electron chi connectivity index (χ1n) is 7.78. The monoisotopic (exact) mass is 333 g/mol. The Kier molecular flexibility index (Phi) is 3.70. The van der Waals surface area contributed by atoms with Crippen LogP contribution in [0.15, 0.2) is 69.8 Å². The number of anilines is 1. The number of fused-ring (bicyclic) bond motifs is 1. The van der Waals surface area contributed by atoms with Crippen molar-refractivity contribution >= 4 is 22.8 Å². The van der Waals surface area contributed by atoms with Crippen LogP contribution in [0, 0.1) is 0 Å². The molecular formula is C19H15N3O3. The number of nitrogens with one attached hydrogen (secondary N) is 1. The highest BCUT2D eigenvalue weighted by atomic mass is 16.5. The van der Waals surface area contributed by atoms with Crippen LogP contribution in [0.2, 0.25) is 0 Å². The van der Waals surface area contributed by atoms with E-state index in [9.17, 15) is 4.79 Å². The molecule has 0 radical (unpaired) electrons. The van der Waals surface area contributed by atoms with Crippen molar-refractivity contribution in [2.45, 2.75) is 6.54 Å². The van der Waals surface area contributed by atoms with Crippen LogP contribution in [-0.4, -0.2) is 11.1 Å². The number of carbonyl (C=O) groups is 1. The van der Waals surface area contributed by atoms with Gasteiger partial charge in [0.25, 0.3) is 5.91 Å². The minimum atomic E-state index is -0.345. The van der Waals surface area contributed by atoms with Gasteiger partial charge in [-0.25, -0.2) is 0 Å². The number of para-hydroxylation sites is 1. The highest BCUT2D eigenvalue weighted by molar-refractivity contribution is 6.06. The largest absolute Gasteiger partial charge is 0.464 e. The quantitative estimate of drug-likeness (QED) is 0.595. The van der Waals surface area contributed by atoms with E-state index in [1.54, 1.807) is 6.26 Å². The van der Waals surface area contributed by atoms with Gasteiger partial charge < -0.3 is 20.0 Å². The molecule has 0 saturated heterocycles. The van der Waals surface area contributed by atoms with E-state index < -0.39 is 0 Å². The molecule has 0 fully saturated rings. The molecule has 0 spiro atoms. The molecule has 6 nitrogen and oxygen atoms in total. The lowest BCUT2D eigenvalue weighted by atomic mass is 10.1. The third kappa shape index (κ3) is 2.74. The second kappa shape index (κ2) is 6.16. The number of amides is 1. The number of furan rings is 1. The summed E-state index contributed by atoms with van der Waals surface area (Å²) in [7, 11) is 0. The van der Waals surface area contributed by atoms with Crippen molar-refractivity contribution in [3.8, 4) is 11.3 Å². The molecule has 124 valence electrons. The van der Waals surface area contributed by atoms with Gasteiger partial charge in [-0.15, -0.1) is 0 Å². The van der Waals surface area contributed by atoms with Crippen molar-refractivity contribution in [3.63, 3.8) is 0 Å². The minimum Gasteiger partial charge on any atom is -0.464 e. The fraction of sp³-hybridized carbons (Fsp3) is 0.0526. The van der Waals surface area contributed by atoms with Crippen LogP contribution in [0.3, 0.4) is 0 Å². The Balaban J connectivity index is 1.67. The first-order chi connectivity index (χ1) is 12.2. The Hall–Kier alpha value is -3.54. The van der Waals surface area contributed by atoms with Crippen molar-refractivity contribution in [1.29, 1.82) is 0 Å². The molecule has 3 N–H and O–H groups in total. The average molecular weight is 333 g/mol. The van der Waals surface area contributed by atoms with Gasteiger partial charge in [0.15, 0.2) is 0 Å². The Morgan fingerprint density at radius 3 is 2.68 bits per heavy atom. The standard InChI is InChI=1S/C19H15N3O3/c20-18-16(19(23)21-10-12-6-2-1-3-7-12)17(22-25-18)14-11-24-15-9-5-4-8-13(14)15/h1-9,11H,10,20H2,(H,21,23). The molecule has 0 atom stereocenters. The Labute approximate surface area is 143 Å². The highest BCUT2D eigenvalue weighted by Crippen LogP contribution is 2.34. The fourth-order valence-electron chi connectivity index (χ4n) is 2.73. The molecule has 0 unspecified atom stereocenters. The van der Waals surface area contributed by atoms with E-state index in [1.807, 2.05) is 54.6 Å². The fourth-order valence-corrected chi connectivity index (χ4v) is 2.73. The maximum atomic E-state index is 12.6. The van der Waals surface area contributed by atoms with E-state index in [1.165, 1.54) is 0 Å². The highest BCUT2D eigenvalue weighted by Gasteiger charge is 2.24. The predicted octanol–water partition coefficient (Wildman–Crippen LogP) is 3.60. The molecule has 0 aliphatic heterocycles. The van der Waals surface area contributed by atoms with Crippen molar-refractivity contribution in [2.75, 3.05) is 5.73 Å². The summed E-state index contributed by atoms with van der Waals surface area (Å²) in [4.78, 5) is 12.6. The van der Waals surface area contributed by atoms with Crippen molar-refractivity contribution < 1.29 is 13.7 Å². The number of rotatable bonds is 4. The van der Waals surface area contributed by atoms with Crippen LogP contribution in [0.1, 0.15) is 15.9 Å². The van der Waals surface area contributed by atoms with E-state index in [2.05, 4.69) is 10.5 Å². The molecule has 2 aromatic heterocycles. The molecule has 0 aliphatic rings. The number of nitrogen functional groups attached to an aromatic ring is 1. The van der Waals surface area contributed by atoms with E-state index >= 15 is 0 Å². The predicted molar refractivity (Wildman–Crippen MR) is 93.7 cm³/mol. The molecule has 6 heteroatoms. The summed E-state index contributed by atoms with van der Waals surface area (Å²) < 4.78 is 10.6. The Bertz CT molecular complexity index is 1030. The zero-order chi connectivity index (χ0) is 17.2. The van der Waals surface area contributed by atoms with Crippen LogP contribution in [-0.2, 0) is 6.54 Å². The second-order valence-electron chi connectivity index (χ2n) is 5.58. The minimum absolute atomic E-state index is 0.0224. The van der Waals surface area contributed by atoms with Crippen LogP contribution in [0.4, 0.5) is 5.88 Å². The first-order valence-corrected chi connectivity index (χ1v) is 7.78. The maximum absolute atomic E-state index is 12.6. The van der Waals surface area contributed by atoms with Gasteiger partial charge in [0, 0.05) is 11.9 Å². The average Bonchev–Trinajstić information content (AvgIpc) is 3.24. The number of carbonyl (C=O) groups excluding carboxylic acids is 1. The van der Waals surface area contributed by atoms with Crippen LogP contribution < -0.4 is 11.1 Å². The van der Waals surface area contributed by atoms with Gasteiger partial charge in [0.2, 0.25) is 5.88 Å². The van der Waals surface area contributed by atoms with Crippen molar-refractivity contribution in [2.24, 2.45) is 0 Å². The van der Waals surface area contributed by atoms with Gasteiger partial charge in [-0.1, -0.05) is 53.7 Å². The molecule has 4 aromatic rings. The third-order valence-corrected chi connectivity index (χ3v) is 3.98. The van der Waals surface area contributed by atoms with Crippen LogP contribution >= 0.6 is 0 Å². The summed E-state index contributed by atoms with van der Waals surface area (Å²) in [6, 6.07) is 17.1. The van der Waals surface area contributed by atoms with Gasteiger partial charge in [0.05, 0.1) is 5.56 Å². The second-order valence-corrected chi connectivity index (χ2v) is 5.58. The topological polar surface area (TPSA) is 94.3 Å². The lowest BCUT2D eigenvalue weighted by molar-refractivity contribution is 0.0952. The van der Waals surface area contributed by atoms with E-state index in [0.717, 1.165) is 10.9 Å². The number of benzene rings is 2. The number of nitrogens with two attached hydrogens (primary N) is 1. The molecule has 25 heavy (non-hydrogen) atoms. The normalized spacial score (nSPS) is 10.9. The summed E-state index contributed by atoms with van der Waals surface area (Å²) >= 11 is 0. The van der Waals surface area contributed by atoms with Gasteiger partial charge >= 0.3 is 0 Å². The molecule has 0 bridgehead atoms. The lowest BCUT2D eigenvalue weighted by Gasteiger charge is -2.05. The zero-order valence-corrected chi connectivity index (χ0v) is 13.2. The summed E-state index contributed by atoms with van der Waals surface area (Å²) in [5.41, 5.74) is 8.78. The number of hydrogen-bond donors (Lipinski definition) is 2. The maximum Gasteiger partial charge on any atom is 0.259 e. The van der Waals surface area contributed by atoms with Crippen molar-refractivity contribution in [3.05, 3.63) is 72.0 Å². The van der Waals surface area contributed by atoms with Crippen LogP contribution in [0.5, 0.6) is 0 Å². The van der Waals surface area contributed by atoms with Gasteiger partial charge in [-0.3, -0.25) is 4.79 Å². The molecule has 1 amide bonds. The van der Waals surface area contributed by atoms with Gasteiger partial charge in [-0.2, -0.15) is 0 Å². The summed E-state index contributed by atoms with van der Waals surface area (Å²) in [6.07, 6.45) is 1.55. The molecular weight excluding hydrogens is 318 g/mol. The van der Waals surface area contributed by atoms with Gasteiger partial charge in [0.1, 0.15) is 23.1 Å².